The van der Waals surface area contributed by atoms with E-state index in [0.29, 0.717) is 5.75 Å². The molecule has 2 N–H and O–H groups in total. The highest BCUT2D eigenvalue weighted by Gasteiger charge is 2.20. The van der Waals surface area contributed by atoms with Crippen LogP contribution in [0.25, 0.3) is 0 Å². The Morgan fingerprint density at radius 3 is 2.24 bits per heavy atom. The fourth-order valence-corrected chi connectivity index (χ4v) is 3.19. The van der Waals surface area contributed by atoms with Gasteiger partial charge >= 0.3 is 0 Å². The summed E-state index contributed by atoms with van der Waals surface area (Å²) in [5.41, 5.74) is 10.9. The Balaban J connectivity index is 2.52. The largest absolute Gasteiger partial charge is 0.495 e. The van der Waals surface area contributed by atoms with E-state index < -0.39 is 0 Å². The maximum Gasteiger partial charge on any atom is 0.141 e. The minimum atomic E-state index is -0.247. The standard InChI is InChI=1S/C17H20BrNO2/c1-10-5-6-12(11(2)9-10)16(19)13-7-8-14(20-3)15(18)17(13)21-4/h5-9,16H,19H2,1-4H3. The van der Waals surface area contributed by atoms with Crippen molar-refractivity contribution in [3.63, 3.8) is 0 Å². The lowest BCUT2D eigenvalue weighted by atomic mass is 9.94. The number of hydrogen-bond acceptors (Lipinski definition) is 3. The molecule has 4 heteroatoms. The van der Waals surface area contributed by atoms with Crippen molar-refractivity contribution in [1.29, 1.82) is 0 Å². The van der Waals surface area contributed by atoms with E-state index in [0.717, 1.165) is 21.3 Å². The third-order valence-corrected chi connectivity index (χ3v) is 4.36. The van der Waals surface area contributed by atoms with Gasteiger partial charge in [0.25, 0.3) is 0 Å². The van der Waals surface area contributed by atoms with E-state index in [1.165, 1.54) is 11.1 Å². The molecule has 2 aromatic rings. The molecule has 0 radical (unpaired) electrons. The van der Waals surface area contributed by atoms with Crippen molar-refractivity contribution in [1.82, 2.24) is 0 Å². The summed E-state index contributed by atoms with van der Waals surface area (Å²) < 4.78 is 11.6. The number of rotatable bonds is 4. The van der Waals surface area contributed by atoms with Crippen LogP contribution in [0.1, 0.15) is 28.3 Å². The molecule has 0 fully saturated rings. The molecule has 1 atom stereocenters. The van der Waals surface area contributed by atoms with Gasteiger partial charge in [0, 0.05) is 5.56 Å². The highest BCUT2D eigenvalue weighted by atomic mass is 79.9. The average Bonchev–Trinajstić information content (AvgIpc) is 2.46. The molecular weight excluding hydrogens is 330 g/mol. The van der Waals surface area contributed by atoms with E-state index in [-0.39, 0.29) is 6.04 Å². The second-order valence-corrected chi connectivity index (χ2v) is 5.83. The van der Waals surface area contributed by atoms with Crippen molar-refractivity contribution in [2.24, 2.45) is 5.73 Å². The molecule has 0 saturated carbocycles. The van der Waals surface area contributed by atoms with Gasteiger partial charge in [0.05, 0.1) is 20.3 Å². The van der Waals surface area contributed by atoms with Crippen LogP contribution in [-0.2, 0) is 0 Å². The summed E-state index contributed by atoms with van der Waals surface area (Å²) in [6.07, 6.45) is 0. The van der Waals surface area contributed by atoms with Crippen molar-refractivity contribution >= 4 is 15.9 Å². The molecule has 0 aliphatic rings. The topological polar surface area (TPSA) is 44.5 Å². The summed E-state index contributed by atoms with van der Waals surface area (Å²) in [4.78, 5) is 0. The quantitative estimate of drug-likeness (QED) is 0.902. The molecule has 1 unspecified atom stereocenters. The molecule has 0 saturated heterocycles. The van der Waals surface area contributed by atoms with Gasteiger partial charge in [-0.05, 0) is 53.0 Å². The first kappa shape index (κ1) is 15.9. The lowest BCUT2D eigenvalue weighted by Crippen LogP contribution is -2.15. The van der Waals surface area contributed by atoms with E-state index in [2.05, 4.69) is 48.0 Å². The van der Waals surface area contributed by atoms with Gasteiger partial charge in [0.1, 0.15) is 16.0 Å². The Morgan fingerprint density at radius 1 is 1.00 bits per heavy atom. The molecule has 0 amide bonds. The van der Waals surface area contributed by atoms with Crippen molar-refractivity contribution in [2.45, 2.75) is 19.9 Å². The van der Waals surface area contributed by atoms with Crippen LogP contribution in [0.5, 0.6) is 11.5 Å². The predicted molar refractivity (Wildman–Crippen MR) is 89.2 cm³/mol. The van der Waals surface area contributed by atoms with Crippen LogP contribution < -0.4 is 15.2 Å². The molecule has 2 rings (SSSR count). The average molecular weight is 350 g/mol. The van der Waals surface area contributed by atoms with Crippen molar-refractivity contribution in [3.05, 3.63) is 57.1 Å². The predicted octanol–water partition coefficient (Wildman–Crippen LogP) is 4.13. The third-order valence-electron chi connectivity index (χ3n) is 3.61. The van der Waals surface area contributed by atoms with Crippen LogP contribution in [0.2, 0.25) is 0 Å². The summed E-state index contributed by atoms with van der Waals surface area (Å²) in [5.74, 6) is 1.44. The fourth-order valence-electron chi connectivity index (χ4n) is 2.51. The van der Waals surface area contributed by atoms with Crippen LogP contribution in [-0.4, -0.2) is 14.2 Å². The van der Waals surface area contributed by atoms with E-state index in [4.69, 9.17) is 15.2 Å². The number of hydrogen-bond donors (Lipinski definition) is 1. The highest BCUT2D eigenvalue weighted by molar-refractivity contribution is 9.10. The Labute approximate surface area is 134 Å². The maximum absolute atomic E-state index is 6.46. The normalized spacial score (nSPS) is 12.1. The summed E-state index contributed by atoms with van der Waals surface area (Å²) in [5, 5.41) is 0. The molecule has 0 spiro atoms. The molecule has 112 valence electrons. The molecule has 21 heavy (non-hydrogen) atoms. The monoisotopic (exact) mass is 349 g/mol. The first-order valence-corrected chi connectivity index (χ1v) is 7.52. The van der Waals surface area contributed by atoms with E-state index in [9.17, 15) is 0 Å². The molecule has 0 aromatic heterocycles. The molecule has 3 nitrogen and oxygen atoms in total. The molecule has 0 heterocycles. The zero-order valence-corrected chi connectivity index (χ0v) is 14.3. The first-order chi connectivity index (χ1) is 9.99. The zero-order chi connectivity index (χ0) is 15.6. The Bertz CT molecular complexity index is 655. The number of benzene rings is 2. The minimum Gasteiger partial charge on any atom is -0.495 e. The van der Waals surface area contributed by atoms with Gasteiger partial charge in [-0.2, -0.15) is 0 Å². The van der Waals surface area contributed by atoms with Crippen molar-refractivity contribution in [2.75, 3.05) is 14.2 Å². The van der Waals surface area contributed by atoms with Gasteiger partial charge < -0.3 is 15.2 Å². The molecule has 0 aliphatic carbocycles. The van der Waals surface area contributed by atoms with Crippen LogP contribution >= 0.6 is 15.9 Å². The van der Waals surface area contributed by atoms with Gasteiger partial charge in [-0.25, -0.2) is 0 Å². The smallest absolute Gasteiger partial charge is 0.141 e. The van der Waals surface area contributed by atoms with Gasteiger partial charge in [0.15, 0.2) is 0 Å². The number of methoxy groups -OCH3 is 2. The van der Waals surface area contributed by atoms with Gasteiger partial charge in [-0.3, -0.25) is 0 Å². The summed E-state index contributed by atoms with van der Waals surface area (Å²) in [6.45, 7) is 4.15. The van der Waals surface area contributed by atoms with Crippen LogP contribution in [0.4, 0.5) is 0 Å². The van der Waals surface area contributed by atoms with Crippen LogP contribution in [0.3, 0.4) is 0 Å². The minimum absolute atomic E-state index is 0.247. The van der Waals surface area contributed by atoms with Gasteiger partial charge in [-0.15, -0.1) is 0 Å². The second-order valence-electron chi connectivity index (χ2n) is 5.04. The lowest BCUT2D eigenvalue weighted by Gasteiger charge is -2.20. The number of ether oxygens (including phenoxy) is 2. The van der Waals surface area contributed by atoms with Crippen LogP contribution in [0, 0.1) is 13.8 Å². The third kappa shape index (κ3) is 3.06. The SMILES string of the molecule is COc1ccc(C(N)c2ccc(C)cc2C)c(OC)c1Br. The van der Waals surface area contributed by atoms with Crippen molar-refractivity contribution in [3.8, 4) is 11.5 Å². The second kappa shape index (κ2) is 6.50. The number of halogens is 1. The van der Waals surface area contributed by atoms with E-state index >= 15 is 0 Å². The zero-order valence-electron chi connectivity index (χ0n) is 12.7. The van der Waals surface area contributed by atoms with Crippen molar-refractivity contribution < 1.29 is 9.47 Å². The lowest BCUT2D eigenvalue weighted by molar-refractivity contribution is 0.385. The van der Waals surface area contributed by atoms with Crippen LogP contribution in [0.15, 0.2) is 34.8 Å². The Kier molecular flexibility index (Phi) is 4.91. The summed E-state index contributed by atoms with van der Waals surface area (Å²) >= 11 is 3.52. The van der Waals surface area contributed by atoms with Gasteiger partial charge in [0.2, 0.25) is 0 Å². The molecular formula is C17H20BrNO2. The Hall–Kier alpha value is -1.52. The molecule has 0 aliphatic heterocycles. The van der Waals surface area contributed by atoms with E-state index in [1.807, 2.05) is 12.1 Å². The molecule has 0 bridgehead atoms. The number of nitrogens with two attached hydrogens (primary N) is 1. The highest BCUT2D eigenvalue weighted by Crippen LogP contribution is 2.40. The fraction of sp³-hybridized carbons (Fsp3) is 0.294. The maximum atomic E-state index is 6.46. The Morgan fingerprint density at radius 2 is 1.67 bits per heavy atom. The summed E-state index contributed by atoms with van der Waals surface area (Å²) in [6, 6.07) is 9.89. The molecule has 2 aromatic carbocycles. The van der Waals surface area contributed by atoms with E-state index in [1.54, 1.807) is 14.2 Å². The van der Waals surface area contributed by atoms with Gasteiger partial charge in [-0.1, -0.05) is 23.8 Å². The number of aryl methyl sites for hydroxylation is 2. The first-order valence-electron chi connectivity index (χ1n) is 6.72. The summed E-state index contributed by atoms with van der Waals surface area (Å²) in [7, 11) is 3.26.